The van der Waals surface area contributed by atoms with Crippen molar-refractivity contribution in [2.24, 2.45) is 5.92 Å². The second-order valence-electron chi connectivity index (χ2n) is 11.3. The highest BCUT2D eigenvalue weighted by Gasteiger charge is 2.33. The molecule has 0 unspecified atom stereocenters. The molecule has 226 valence electrons. The number of nitrogens with zero attached hydrogens (tertiary/aromatic N) is 3. The van der Waals surface area contributed by atoms with E-state index in [9.17, 15) is 18.0 Å². The summed E-state index contributed by atoms with van der Waals surface area (Å²) < 4.78 is 32.5. The summed E-state index contributed by atoms with van der Waals surface area (Å²) in [6.45, 7) is 4.69. The summed E-state index contributed by atoms with van der Waals surface area (Å²) in [5.41, 5.74) is 3.57. The number of nitrogens with one attached hydrogen (secondary N) is 2. The van der Waals surface area contributed by atoms with Crippen LogP contribution in [0.5, 0.6) is 0 Å². The van der Waals surface area contributed by atoms with Gasteiger partial charge in [-0.3, -0.25) is 14.3 Å². The molecule has 0 radical (unpaired) electrons. The van der Waals surface area contributed by atoms with Crippen molar-refractivity contribution in [3.8, 4) is 22.5 Å². The molecular formula is C30H32ClN5O5S2. The molecule has 2 aromatic heterocycles. The van der Waals surface area contributed by atoms with Gasteiger partial charge in [-0.2, -0.15) is 0 Å². The van der Waals surface area contributed by atoms with Crippen molar-refractivity contribution < 1.29 is 17.7 Å². The molecule has 4 aromatic rings. The number of aryl methyl sites for hydroxylation is 1. The minimum atomic E-state index is -3.74. The predicted molar refractivity (Wildman–Crippen MR) is 167 cm³/mol. The second-order valence-corrected chi connectivity index (χ2v) is 14.9. The Hall–Kier alpha value is -3.48. The van der Waals surface area contributed by atoms with Crippen molar-refractivity contribution in [2.75, 3.05) is 11.4 Å². The van der Waals surface area contributed by atoms with E-state index in [1.807, 2.05) is 30.3 Å². The van der Waals surface area contributed by atoms with E-state index in [1.165, 1.54) is 11.3 Å². The number of thiazole rings is 1. The Morgan fingerprint density at radius 2 is 1.86 bits per heavy atom. The van der Waals surface area contributed by atoms with E-state index in [0.29, 0.717) is 45.2 Å². The topological polar surface area (TPSA) is 138 Å². The van der Waals surface area contributed by atoms with Crippen LogP contribution in [0.3, 0.4) is 0 Å². The lowest BCUT2D eigenvalue weighted by Crippen LogP contribution is -2.37. The van der Waals surface area contributed by atoms with Crippen LogP contribution in [-0.4, -0.2) is 41.2 Å². The summed E-state index contributed by atoms with van der Waals surface area (Å²) in [6.07, 6.45) is 5.15. The Morgan fingerprint density at radius 1 is 1.14 bits per heavy atom. The molecule has 0 bridgehead atoms. The standard InChI is InChI=1S/C30H32ClN5O5S2/c1-17(20-9-11-21(12-10-20)25-15-22(31)13-14-24(25)27-33-30(38)41-34-27)36(16-19-7-8-19)29-32-26(18(2)42-29)28(37)35-43(39,40)23-5-3-4-6-23/h9-15,17,19,23H,3-8,16H2,1-2H3,(H,35,37)(H,33,34,38)/t17-/m1/s1. The van der Waals surface area contributed by atoms with Crippen LogP contribution in [0.2, 0.25) is 5.02 Å². The number of hydrogen-bond acceptors (Lipinski definition) is 9. The second kappa shape index (κ2) is 11.9. The number of sulfonamides is 1. The molecule has 6 rings (SSSR count). The zero-order valence-electron chi connectivity index (χ0n) is 23.8. The van der Waals surface area contributed by atoms with Crippen LogP contribution in [0.4, 0.5) is 5.13 Å². The molecule has 2 fully saturated rings. The summed E-state index contributed by atoms with van der Waals surface area (Å²) in [5, 5.41) is 4.56. The fraction of sp³-hybridized carbons (Fsp3) is 0.400. The first-order valence-electron chi connectivity index (χ1n) is 14.4. The Labute approximate surface area is 258 Å². The van der Waals surface area contributed by atoms with Gasteiger partial charge in [-0.05, 0) is 80.3 Å². The predicted octanol–water partition coefficient (Wildman–Crippen LogP) is 6.10. The van der Waals surface area contributed by atoms with E-state index >= 15 is 0 Å². The largest absolute Gasteiger partial charge is 0.439 e. The van der Waals surface area contributed by atoms with Gasteiger partial charge in [-0.25, -0.2) is 22.9 Å². The molecule has 2 aliphatic carbocycles. The van der Waals surface area contributed by atoms with Crippen molar-refractivity contribution in [1.82, 2.24) is 19.8 Å². The van der Waals surface area contributed by atoms with Crippen LogP contribution in [0, 0.1) is 12.8 Å². The first kappa shape index (κ1) is 29.6. The molecule has 0 aliphatic heterocycles. The summed E-state index contributed by atoms with van der Waals surface area (Å²) in [6, 6.07) is 13.3. The van der Waals surface area contributed by atoms with Gasteiger partial charge in [0.05, 0.1) is 11.3 Å². The van der Waals surface area contributed by atoms with E-state index < -0.39 is 26.9 Å². The van der Waals surface area contributed by atoms with E-state index in [2.05, 4.69) is 31.7 Å². The van der Waals surface area contributed by atoms with Crippen LogP contribution in [0.25, 0.3) is 22.5 Å². The van der Waals surface area contributed by atoms with Gasteiger partial charge in [-0.1, -0.05) is 53.9 Å². The van der Waals surface area contributed by atoms with Gasteiger partial charge in [0.25, 0.3) is 5.91 Å². The molecule has 0 saturated heterocycles. The maximum absolute atomic E-state index is 13.1. The lowest BCUT2D eigenvalue weighted by molar-refractivity contribution is 0.0976. The van der Waals surface area contributed by atoms with Crippen LogP contribution in [0.15, 0.2) is 51.8 Å². The van der Waals surface area contributed by atoms with Crippen molar-refractivity contribution in [2.45, 2.75) is 63.7 Å². The third-order valence-electron chi connectivity index (χ3n) is 8.22. The number of carbonyl (C=O) groups excluding carboxylic acids is 1. The SMILES string of the molecule is Cc1sc(N(CC2CC2)[C@H](C)c2ccc(-c3cc(Cl)ccc3-c3noc(=O)[nH]3)cc2)nc1C(=O)NS(=O)(=O)C1CCCC1. The maximum atomic E-state index is 13.1. The average Bonchev–Trinajstić information content (AvgIpc) is 3.31. The molecule has 1 amide bonds. The lowest BCUT2D eigenvalue weighted by Gasteiger charge is -2.29. The van der Waals surface area contributed by atoms with E-state index in [-0.39, 0.29) is 11.7 Å². The third-order valence-corrected chi connectivity index (χ3v) is 11.3. The van der Waals surface area contributed by atoms with Crippen LogP contribution in [0.1, 0.15) is 72.4 Å². The fourth-order valence-electron chi connectivity index (χ4n) is 5.58. The highest BCUT2D eigenvalue weighted by atomic mass is 35.5. The smallest absolute Gasteiger partial charge is 0.341 e. The first-order valence-corrected chi connectivity index (χ1v) is 17.1. The Bertz CT molecular complexity index is 1800. The van der Waals surface area contributed by atoms with Gasteiger partial charge in [-0.15, -0.1) is 11.3 Å². The molecular weight excluding hydrogens is 610 g/mol. The quantitative estimate of drug-likeness (QED) is 0.212. The molecule has 13 heteroatoms. The zero-order valence-corrected chi connectivity index (χ0v) is 26.2. The monoisotopic (exact) mass is 641 g/mol. The lowest BCUT2D eigenvalue weighted by atomic mass is 9.96. The van der Waals surface area contributed by atoms with Gasteiger partial charge < -0.3 is 4.90 Å². The van der Waals surface area contributed by atoms with Crippen LogP contribution >= 0.6 is 22.9 Å². The normalized spacial score (nSPS) is 16.3. The Morgan fingerprint density at radius 3 is 2.51 bits per heavy atom. The summed E-state index contributed by atoms with van der Waals surface area (Å²) in [4.78, 5) is 34.8. The number of rotatable bonds is 10. The molecule has 1 atom stereocenters. The molecule has 43 heavy (non-hydrogen) atoms. The number of halogens is 1. The van der Waals surface area contributed by atoms with E-state index in [0.717, 1.165) is 48.9 Å². The fourth-order valence-corrected chi connectivity index (χ4v) is 8.23. The van der Waals surface area contributed by atoms with Gasteiger partial charge in [0.1, 0.15) is 5.69 Å². The number of carbonyl (C=O) groups is 1. The molecule has 10 nitrogen and oxygen atoms in total. The molecule has 0 spiro atoms. The number of benzene rings is 2. The van der Waals surface area contributed by atoms with Crippen LogP contribution in [-0.2, 0) is 10.0 Å². The number of H-pyrrole nitrogens is 1. The summed E-state index contributed by atoms with van der Waals surface area (Å²) in [5.74, 6) is -0.435. The van der Waals surface area contributed by atoms with E-state index in [4.69, 9.17) is 16.1 Å². The Kier molecular flexibility index (Phi) is 8.18. The van der Waals surface area contributed by atoms with Crippen molar-refractivity contribution in [3.63, 3.8) is 0 Å². The Balaban J connectivity index is 1.26. The number of anilines is 1. The molecule has 2 N–H and O–H groups in total. The first-order chi connectivity index (χ1) is 20.6. The van der Waals surface area contributed by atoms with Gasteiger partial charge in [0, 0.05) is 22.0 Å². The minimum absolute atomic E-state index is 0.0657. The van der Waals surface area contributed by atoms with Crippen molar-refractivity contribution >= 4 is 44.0 Å². The number of amides is 1. The van der Waals surface area contributed by atoms with Crippen LogP contribution < -0.4 is 15.4 Å². The molecule has 2 aromatic carbocycles. The summed E-state index contributed by atoms with van der Waals surface area (Å²) in [7, 11) is -3.74. The molecule has 2 saturated carbocycles. The summed E-state index contributed by atoms with van der Waals surface area (Å²) >= 11 is 7.72. The van der Waals surface area contributed by atoms with Gasteiger partial charge in [0.2, 0.25) is 10.0 Å². The molecule has 2 heterocycles. The van der Waals surface area contributed by atoms with Crippen molar-refractivity contribution in [3.05, 3.63) is 74.2 Å². The third kappa shape index (κ3) is 6.41. The van der Waals surface area contributed by atoms with Gasteiger partial charge in [0.15, 0.2) is 11.0 Å². The highest BCUT2D eigenvalue weighted by Crippen LogP contribution is 2.39. The minimum Gasteiger partial charge on any atom is -0.341 e. The maximum Gasteiger partial charge on any atom is 0.439 e. The van der Waals surface area contributed by atoms with Gasteiger partial charge >= 0.3 is 5.76 Å². The van der Waals surface area contributed by atoms with Crippen molar-refractivity contribution in [1.29, 1.82) is 0 Å². The highest BCUT2D eigenvalue weighted by molar-refractivity contribution is 7.90. The zero-order chi connectivity index (χ0) is 30.3. The number of aromatic amines is 1. The molecule has 2 aliphatic rings. The number of hydrogen-bond donors (Lipinski definition) is 2. The van der Waals surface area contributed by atoms with E-state index in [1.54, 1.807) is 19.1 Å². The average molecular weight is 642 g/mol. The number of aromatic nitrogens is 3.